The minimum absolute atomic E-state index is 0.455. The largest absolute Gasteiger partial charge is 0.295 e. The molecule has 0 radical (unpaired) electrons. The number of hydrogen-bond donors (Lipinski definition) is 0. The van der Waals surface area contributed by atoms with E-state index in [4.69, 9.17) is 0 Å². The average Bonchev–Trinajstić information content (AvgIpc) is 1.94. The first-order valence-electron chi connectivity index (χ1n) is 4.33. The smallest absolute Gasteiger partial charge is 0.0389 e. The van der Waals surface area contributed by atoms with Crippen LogP contribution in [-0.2, 0) is 10.8 Å². The molecule has 0 N–H and O–H groups in total. The van der Waals surface area contributed by atoms with Gasteiger partial charge in [-0.05, 0) is 13.8 Å². The molecule has 2 nitrogen and oxygen atoms in total. The summed E-state index contributed by atoms with van der Waals surface area (Å²) in [7, 11) is -0.577. The van der Waals surface area contributed by atoms with E-state index in [1.165, 1.54) is 5.57 Å². The molecule has 70 valence electrons. The van der Waals surface area contributed by atoms with Gasteiger partial charge >= 0.3 is 0 Å². The molecule has 12 heavy (non-hydrogen) atoms. The van der Waals surface area contributed by atoms with Crippen molar-refractivity contribution in [3.63, 3.8) is 0 Å². The molecule has 1 heterocycles. The Hall–Kier alpha value is -0.150. The Morgan fingerprint density at radius 2 is 2.42 bits per heavy atom. The zero-order chi connectivity index (χ0) is 9.14. The van der Waals surface area contributed by atoms with Crippen molar-refractivity contribution in [3.05, 3.63) is 12.2 Å². The van der Waals surface area contributed by atoms with Crippen molar-refractivity contribution >= 4 is 10.8 Å². The van der Waals surface area contributed by atoms with Crippen LogP contribution in [0.5, 0.6) is 0 Å². The van der Waals surface area contributed by atoms with Crippen LogP contribution in [0.4, 0.5) is 0 Å². The molecule has 0 aromatic rings. The van der Waals surface area contributed by atoms with Crippen LogP contribution >= 0.6 is 0 Å². The summed E-state index contributed by atoms with van der Waals surface area (Å²) in [6.45, 7) is 9.98. The summed E-state index contributed by atoms with van der Waals surface area (Å²) in [6, 6.07) is 0.455. The van der Waals surface area contributed by atoms with E-state index in [2.05, 4.69) is 18.4 Å². The number of rotatable bonds is 2. The van der Waals surface area contributed by atoms with Crippen LogP contribution in [0.2, 0.25) is 0 Å². The van der Waals surface area contributed by atoms with Crippen LogP contribution in [0.15, 0.2) is 12.2 Å². The Morgan fingerprint density at radius 3 is 2.92 bits per heavy atom. The van der Waals surface area contributed by atoms with E-state index >= 15 is 0 Å². The SMILES string of the molecule is C=C(C)CN1CCS(=O)CC1C. The van der Waals surface area contributed by atoms with Crippen molar-refractivity contribution in [1.82, 2.24) is 4.90 Å². The summed E-state index contributed by atoms with van der Waals surface area (Å²) in [5, 5.41) is 0. The minimum atomic E-state index is -0.577. The highest BCUT2D eigenvalue weighted by atomic mass is 32.2. The molecule has 2 atom stereocenters. The molecule has 1 fully saturated rings. The normalized spacial score (nSPS) is 31.8. The zero-order valence-corrected chi connectivity index (χ0v) is 8.69. The van der Waals surface area contributed by atoms with E-state index in [9.17, 15) is 4.21 Å². The summed E-state index contributed by atoms with van der Waals surface area (Å²) in [4.78, 5) is 2.35. The topological polar surface area (TPSA) is 20.3 Å². The molecule has 3 heteroatoms. The molecule has 1 saturated heterocycles. The Kier molecular flexibility index (Phi) is 3.47. The van der Waals surface area contributed by atoms with Gasteiger partial charge in [0.2, 0.25) is 0 Å². The second-order valence-corrected chi connectivity index (χ2v) is 5.21. The molecule has 0 amide bonds. The molecule has 0 aliphatic carbocycles. The highest BCUT2D eigenvalue weighted by Crippen LogP contribution is 2.09. The second kappa shape index (κ2) is 4.19. The molecule has 1 rings (SSSR count). The van der Waals surface area contributed by atoms with Crippen LogP contribution in [0.25, 0.3) is 0 Å². The maximum atomic E-state index is 11.2. The standard InChI is InChI=1S/C9H17NOS/c1-8(2)6-10-4-5-12(11)7-9(10)3/h9H,1,4-7H2,2-3H3. The predicted octanol–water partition coefficient (Wildman–Crippen LogP) is 1.02. The fourth-order valence-corrected chi connectivity index (χ4v) is 2.83. The van der Waals surface area contributed by atoms with Gasteiger partial charge < -0.3 is 0 Å². The summed E-state index contributed by atoms with van der Waals surface area (Å²) >= 11 is 0. The summed E-state index contributed by atoms with van der Waals surface area (Å²) < 4.78 is 11.2. The van der Waals surface area contributed by atoms with Gasteiger partial charge in [-0.3, -0.25) is 9.11 Å². The van der Waals surface area contributed by atoms with E-state index in [0.29, 0.717) is 6.04 Å². The molecule has 0 aromatic heterocycles. The fraction of sp³-hybridized carbons (Fsp3) is 0.778. The van der Waals surface area contributed by atoms with Crippen molar-refractivity contribution in [3.8, 4) is 0 Å². The van der Waals surface area contributed by atoms with Gasteiger partial charge in [0.05, 0.1) is 0 Å². The van der Waals surface area contributed by atoms with Crippen molar-refractivity contribution in [2.45, 2.75) is 19.9 Å². The lowest BCUT2D eigenvalue weighted by Crippen LogP contribution is -2.45. The van der Waals surface area contributed by atoms with Crippen molar-refractivity contribution in [1.29, 1.82) is 0 Å². The first kappa shape index (κ1) is 9.93. The van der Waals surface area contributed by atoms with Crippen LogP contribution < -0.4 is 0 Å². The molecule has 1 aliphatic heterocycles. The average molecular weight is 187 g/mol. The van der Waals surface area contributed by atoms with E-state index in [0.717, 1.165) is 24.6 Å². The van der Waals surface area contributed by atoms with Gasteiger partial charge in [0, 0.05) is 41.4 Å². The van der Waals surface area contributed by atoms with Gasteiger partial charge in [-0.25, -0.2) is 0 Å². The van der Waals surface area contributed by atoms with Crippen LogP contribution in [0.1, 0.15) is 13.8 Å². The Morgan fingerprint density at radius 1 is 1.75 bits per heavy atom. The van der Waals surface area contributed by atoms with Gasteiger partial charge in [0.1, 0.15) is 0 Å². The van der Waals surface area contributed by atoms with Crippen molar-refractivity contribution in [2.75, 3.05) is 24.6 Å². The summed E-state index contributed by atoms with van der Waals surface area (Å²) in [6.07, 6.45) is 0. The van der Waals surface area contributed by atoms with Crippen LogP contribution in [-0.4, -0.2) is 39.7 Å². The highest BCUT2D eigenvalue weighted by Gasteiger charge is 2.21. The predicted molar refractivity (Wildman–Crippen MR) is 53.7 cm³/mol. The fourth-order valence-electron chi connectivity index (χ4n) is 1.48. The molecule has 1 aliphatic rings. The lowest BCUT2D eigenvalue weighted by Gasteiger charge is -2.32. The first-order chi connectivity index (χ1) is 5.59. The van der Waals surface area contributed by atoms with Gasteiger partial charge in [-0.2, -0.15) is 0 Å². The highest BCUT2D eigenvalue weighted by molar-refractivity contribution is 7.85. The van der Waals surface area contributed by atoms with Gasteiger partial charge in [0.25, 0.3) is 0 Å². The maximum Gasteiger partial charge on any atom is 0.0389 e. The molecule has 0 saturated carbocycles. The zero-order valence-electron chi connectivity index (χ0n) is 7.88. The van der Waals surface area contributed by atoms with E-state index in [1.54, 1.807) is 0 Å². The summed E-state index contributed by atoms with van der Waals surface area (Å²) in [5.74, 6) is 1.66. The first-order valence-corrected chi connectivity index (χ1v) is 5.82. The third-order valence-corrected chi connectivity index (χ3v) is 3.62. The van der Waals surface area contributed by atoms with Crippen molar-refractivity contribution < 1.29 is 4.21 Å². The molecule has 0 spiro atoms. The third-order valence-electron chi connectivity index (χ3n) is 2.13. The molecule has 2 unspecified atom stereocenters. The quantitative estimate of drug-likeness (QED) is 0.601. The van der Waals surface area contributed by atoms with E-state index in [1.807, 2.05) is 6.92 Å². The molecule has 0 aromatic carbocycles. The second-order valence-electron chi connectivity index (χ2n) is 3.59. The van der Waals surface area contributed by atoms with Gasteiger partial charge in [-0.15, -0.1) is 0 Å². The van der Waals surface area contributed by atoms with Crippen LogP contribution in [0.3, 0.4) is 0 Å². The van der Waals surface area contributed by atoms with Gasteiger partial charge in [0.15, 0.2) is 0 Å². The monoisotopic (exact) mass is 187 g/mol. The maximum absolute atomic E-state index is 11.2. The van der Waals surface area contributed by atoms with Crippen molar-refractivity contribution in [2.24, 2.45) is 0 Å². The number of hydrogen-bond acceptors (Lipinski definition) is 2. The molecular weight excluding hydrogens is 170 g/mol. The van der Waals surface area contributed by atoms with E-state index < -0.39 is 10.8 Å². The Labute approximate surface area is 77.1 Å². The third kappa shape index (κ3) is 2.72. The molecule has 0 bridgehead atoms. The van der Waals surface area contributed by atoms with Crippen LogP contribution in [0, 0.1) is 0 Å². The summed E-state index contributed by atoms with van der Waals surface area (Å²) in [5.41, 5.74) is 1.19. The number of nitrogens with zero attached hydrogens (tertiary/aromatic N) is 1. The lowest BCUT2D eigenvalue weighted by molar-refractivity contribution is 0.250. The Balaban J connectivity index is 2.45. The minimum Gasteiger partial charge on any atom is -0.295 e. The molecular formula is C9H17NOS. The van der Waals surface area contributed by atoms with E-state index in [-0.39, 0.29) is 0 Å². The van der Waals surface area contributed by atoms with Gasteiger partial charge in [-0.1, -0.05) is 12.2 Å². The Bertz CT molecular complexity index is 203. The lowest BCUT2D eigenvalue weighted by atomic mass is 10.2.